The third-order valence-electron chi connectivity index (χ3n) is 7.03. The zero-order valence-corrected chi connectivity index (χ0v) is 18.6. The summed E-state index contributed by atoms with van der Waals surface area (Å²) in [5.41, 5.74) is 3.26. The first-order chi connectivity index (χ1) is 14.3. The molecule has 2 aliphatic heterocycles. The summed E-state index contributed by atoms with van der Waals surface area (Å²) in [6.07, 6.45) is 4.38. The van der Waals surface area contributed by atoms with Crippen molar-refractivity contribution in [3.05, 3.63) is 59.7 Å². The van der Waals surface area contributed by atoms with Crippen molar-refractivity contribution >= 4 is 24.6 Å². The van der Waals surface area contributed by atoms with E-state index in [0.29, 0.717) is 11.5 Å². The minimum atomic E-state index is -0.445. The lowest BCUT2D eigenvalue weighted by Gasteiger charge is -2.34. The van der Waals surface area contributed by atoms with Crippen LogP contribution in [0.5, 0.6) is 0 Å². The molecule has 2 heterocycles. The van der Waals surface area contributed by atoms with Crippen LogP contribution in [0.15, 0.2) is 48.5 Å². The van der Waals surface area contributed by atoms with Gasteiger partial charge in [0, 0.05) is 24.3 Å². The molecule has 2 fully saturated rings. The summed E-state index contributed by atoms with van der Waals surface area (Å²) in [5, 5.41) is 0. The first-order valence-corrected chi connectivity index (χ1v) is 11.0. The number of carbonyl (C=O) groups is 1. The van der Waals surface area contributed by atoms with Crippen LogP contribution in [0.3, 0.4) is 0 Å². The van der Waals surface area contributed by atoms with Crippen LogP contribution in [0.2, 0.25) is 0 Å². The summed E-state index contributed by atoms with van der Waals surface area (Å²) in [4.78, 5) is 14.2. The standard InChI is InChI=1S/C25H32BNO3/c1-24(2)25(3,4)30-26(29-24)22-10-11-23(21(17-22)18-28)27-14-12-20(13-15-27)16-19-8-6-5-7-9-19/h5-11,17-18,20H,12-16H2,1-4H3. The molecule has 0 unspecified atom stereocenters. The van der Waals surface area contributed by atoms with Crippen LogP contribution in [-0.2, 0) is 15.7 Å². The van der Waals surface area contributed by atoms with Crippen molar-refractivity contribution in [3.8, 4) is 0 Å². The van der Waals surface area contributed by atoms with E-state index in [2.05, 4.69) is 41.3 Å². The second-order valence-electron chi connectivity index (χ2n) is 9.64. The van der Waals surface area contributed by atoms with Gasteiger partial charge in [-0.15, -0.1) is 0 Å². The van der Waals surface area contributed by atoms with Gasteiger partial charge >= 0.3 is 7.12 Å². The fourth-order valence-corrected chi connectivity index (χ4v) is 4.41. The SMILES string of the molecule is CC1(C)OB(c2ccc(N3CCC(Cc4ccccc4)CC3)c(C=O)c2)OC1(C)C. The molecule has 5 heteroatoms. The number of benzene rings is 2. The predicted molar refractivity (Wildman–Crippen MR) is 123 cm³/mol. The number of piperidine rings is 1. The molecular weight excluding hydrogens is 373 g/mol. The highest BCUT2D eigenvalue weighted by molar-refractivity contribution is 6.62. The van der Waals surface area contributed by atoms with Crippen LogP contribution in [0.4, 0.5) is 5.69 Å². The molecule has 0 aromatic heterocycles. The summed E-state index contributed by atoms with van der Waals surface area (Å²) in [6, 6.07) is 16.8. The normalized spacial score (nSPS) is 21.1. The van der Waals surface area contributed by atoms with Crippen molar-refractivity contribution in [1.29, 1.82) is 0 Å². The lowest BCUT2D eigenvalue weighted by atomic mass is 9.78. The number of aldehydes is 1. The Morgan fingerprint density at radius 1 is 1.00 bits per heavy atom. The van der Waals surface area contributed by atoms with E-state index in [1.165, 1.54) is 5.56 Å². The molecule has 0 amide bonds. The molecule has 0 N–H and O–H groups in total. The molecule has 158 valence electrons. The average molecular weight is 405 g/mol. The zero-order valence-electron chi connectivity index (χ0n) is 18.6. The third-order valence-corrected chi connectivity index (χ3v) is 7.03. The largest absolute Gasteiger partial charge is 0.494 e. The number of carbonyl (C=O) groups excluding carboxylic acids is 1. The number of nitrogens with zero attached hydrogens (tertiary/aromatic N) is 1. The highest BCUT2D eigenvalue weighted by Crippen LogP contribution is 2.37. The van der Waals surface area contributed by atoms with E-state index in [0.717, 1.165) is 49.8 Å². The van der Waals surface area contributed by atoms with Crippen LogP contribution in [0, 0.1) is 5.92 Å². The van der Waals surface area contributed by atoms with E-state index < -0.39 is 18.3 Å². The Morgan fingerprint density at radius 2 is 1.63 bits per heavy atom. The Morgan fingerprint density at radius 3 is 2.23 bits per heavy atom. The summed E-state index contributed by atoms with van der Waals surface area (Å²) in [5.74, 6) is 0.701. The molecule has 2 saturated heterocycles. The molecule has 4 nitrogen and oxygen atoms in total. The van der Waals surface area contributed by atoms with Gasteiger partial charge < -0.3 is 14.2 Å². The summed E-state index contributed by atoms with van der Waals surface area (Å²) < 4.78 is 12.3. The van der Waals surface area contributed by atoms with Crippen molar-refractivity contribution < 1.29 is 14.1 Å². The predicted octanol–water partition coefficient (Wildman–Crippen LogP) is 4.26. The lowest BCUT2D eigenvalue weighted by Crippen LogP contribution is -2.41. The van der Waals surface area contributed by atoms with Gasteiger partial charge in [0.25, 0.3) is 0 Å². The van der Waals surface area contributed by atoms with E-state index >= 15 is 0 Å². The molecule has 30 heavy (non-hydrogen) atoms. The van der Waals surface area contributed by atoms with E-state index in [1.54, 1.807) is 0 Å². The van der Waals surface area contributed by atoms with Crippen LogP contribution >= 0.6 is 0 Å². The highest BCUT2D eigenvalue weighted by Gasteiger charge is 2.51. The highest BCUT2D eigenvalue weighted by atomic mass is 16.7. The molecule has 0 spiro atoms. The minimum Gasteiger partial charge on any atom is -0.399 e. The number of rotatable bonds is 5. The molecule has 2 aromatic rings. The second kappa shape index (κ2) is 8.20. The lowest BCUT2D eigenvalue weighted by molar-refractivity contribution is 0.00578. The Balaban J connectivity index is 1.44. The number of hydrogen-bond acceptors (Lipinski definition) is 4. The van der Waals surface area contributed by atoms with Crippen LogP contribution in [0.25, 0.3) is 0 Å². The monoisotopic (exact) mass is 405 g/mol. The molecular formula is C25H32BNO3. The van der Waals surface area contributed by atoms with E-state index in [9.17, 15) is 4.79 Å². The molecule has 0 aliphatic carbocycles. The second-order valence-corrected chi connectivity index (χ2v) is 9.64. The molecule has 0 atom stereocenters. The molecule has 4 rings (SSSR count). The first-order valence-electron chi connectivity index (χ1n) is 11.0. The molecule has 0 saturated carbocycles. The maximum atomic E-state index is 11.9. The van der Waals surface area contributed by atoms with Crippen LogP contribution in [0.1, 0.15) is 56.5 Å². The van der Waals surface area contributed by atoms with Gasteiger partial charge in [0.15, 0.2) is 6.29 Å². The van der Waals surface area contributed by atoms with Crippen molar-refractivity contribution in [1.82, 2.24) is 0 Å². The van der Waals surface area contributed by atoms with Crippen molar-refractivity contribution in [2.24, 2.45) is 5.92 Å². The average Bonchev–Trinajstić information content (AvgIpc) is 2.96. The van der Waals surface area contributed by atoms with Gasteiger partial charge in [-0.3, -0.25) is 4.79 Å². The summed E-state index contributed by atoms with van der Waals surface area (Å²) >= 11 is 0. The molecule has 2 aliphatic rings. The van der Waals surface area contributed by atoms with Gasteiger partial charge in [0.05, 0.1) is 11.2 Å². The van der Waals surface area contributed by atoms with Gasteiger partial charge in [-0.05, 0) is 76.0 Å². The van der Waals surface area contributed by atoms with Gasteiger partial charge in [-0.2, -0.15) is 0 Å². The number of hydrogen-bond donors (Lipinski definition) is 0. The zero-order chi connectivity index (χ0) is 21.4. The topological polar surface area (TPSA) is 38.8 Å². The van der Waals surface area contributed by atoms with Gasteiger partial charge in [-0.25, -0.2) is 0 Å². The molecule has 2 aromatic carbocycles. The first kappa shape index (κ1) is 21.1. The van der Waals surface area contributed by atoms with Gasteiger partial charge in [0.2, 0.25) is 0 Å². The molecule has 0 radical (unpaired) electrons. The fraction of sp³-hybridized carbons (Fsp3) is 0.480. The smallest absolute Gasteiger partial charge is 0.399 e. The van der Waals surface area contributed by atoms with Crippen molar-refractivity contribution in [3.63, 3.8) is 0 Å². The maximum absolute atomic E-state index is 11.9. The Hall–Kier alpha value is -2.11. The fourth-order valence-electron chi connectivity index (χ4n) is 4.41. The Kier molecular flexibility index (Phi) is 5.78. The van der Waals surface area contributed by atoms with Crippen LogP contribution < -0.4 is 10.4 Å². The quantitative estimate of drug-likeness (QED) is 0.551. The van der Waals surface area contributed by atoms with Gasteiger partial charge in [0.1, 0.15) is 0 Å². The van der Waals surface area contributed by atoms with Crippen molar-refractivity contribution in [2.75, 3.05) is 18.0 Å². The minimum absolute atomic E-state index is 0.391. The van der Waals surface area contributed by atoms with Gasteiger partial charge in [-0.1, -0.05) is 36.4 Å². The van der Waals surface area contributed by atoms with E-state index in [-0.39, 0.29) is 0 Å². The van der Waals surface area contributed by atoms with E-state index in [4.69, 9.17) is 9.31 Å². The van der Waals surface area contributed by atoms with E-state index in [1.807, 2.05) is 39.8 Å². The number of anilines is 1. The third kappa shape index (κ3) is 4.19. The molecule has 0 bridgehead atoms. The summed E-state index contributed by atoms with van der Waals surface area (Å²) in [7, 11) is -0.445. The van der Waals surface area contributed by atoms with Crippen molar-refractivity contribution in [2.45, 2.75) is 58.2 Å². The Labute approximate surface area is 180 Å². The Bertz CT molecular complexity index is 873. The maximum Gasteiger partial charge on any atom is 0.494 e. The van der Waals surface area contributed by atoms with Crippen LogP contribution in [-0.4, -0.2) is 37.7 Å². The summed E-state index contributed by atoms with van der Waals surface area (Å²) in [6.45, 7) is 10.1.